The number of benzene rings is 3. The minimum atomic E-state index is 0.254. The van der Waals surface area contributed by atoms with E-state index >= 15 is 0 Å². The Hall–Kier alpha value is -3.59. The lowest BCUT2D eigenvalue weighted by Crippen LogP contribution is -2.11. The summed E-state index contributed by atoms with van der Waals surface area (Å²) in [6, 6.07) is 22.3. The standard InChI is InChI=1S/C26H24N2O/c1-16-4-6-19(7-5-16)21-13-22(20-8-10-24(29)11-9-20)15-23(14-21)25-12-17(2)28-26(25)18(3)27/h4-11,13-15,27-29H,2,12H2,1,3H3. The van der Waals surface area contributed by atoms with Gasteiger partial charge in [0, 0.05) is 12.1 Å². The number of rotatable bonds is 4. The van der Waals surface area contributed by atoms with Gasteiger partial charge >= 0.3 is 0 Å². The molecule has 0 radical (unpaired) electrons. The molecule has 29 heavy (non-hydrogen) atoms. The highest BCUT2D eigenvalue weighted by molar-refractivity contribution is 6.04. The monoisotopic (exact) mass is 380 g/mol. The fourth-order valence-electron chi connectivity index (χ4n) is 3.70. The molecular formula is C26H24N2O. The molecule has 0 fully saturated rings. The summed E-state index contributed by atoms with van der Waals surface area (Å²) in [4.78, 5) is 0. The van der Waals surface area contributed by atoms with Crippen LogP contribution in [-0.4, -0.2) is 10.8 Å². The molecule has 0 bridgehead atoms. The molecule has 1 aliphatic heterocycles. The SMILES string of the molecule is C=C1CC(c2cc(-c3ccc(C)cc3)cc(-c3ccc(O)cc3)c2)=C(C(C)=N)N1. The number of phenols is 1. The Morgan fingerprint density at radius 3 is 1.93 bits per heavy atom. The molecule has 0 saturated carbocycles. The van der Waals surface area contributed by atoms with Crippen molar-refractivity contribution in [1.82, 2.24) is 5.32 Å². The van der Waals surface area contributed by atoms with Crippen molar-refractivity contribution >= 4 is 11.3 Å². The van der Waals surface area contributed by atoms with Crippen LogP contribution in [-0.2, 0) is 0 Å². The first-order chi connectivity index (χ1) is 13.9. The summed E-state index contributed by atoms with van der Waals surface area (Å²) >= 11 is 0. The summed E-state index contributed by atoms with van der Waals surface area (Å²) in [6.45, 7) is 7.95. The van der Waals surface area contributed by atoms with E-state index < -0.39 is 0 Å². The second-order valence-corrected chi connectivity index (χ2v) is 7.60. The maximum Gasteiger partial charge on any atom is 0.115 e. The van der Waals surface area contributed by atoms with Gasteiger partial charge in [-0.05, 0) is 77.6 Å². The average molecular weight is 380 g/mol. The fourth-order valence-corrected chi connectivity index (χ4v) is 3.70. The predicted molar refractivity (Wildman–Crippen MR) is 121 cm³/mol. The van der Waals surface area contributed by atoms with Crippen molar-refractivity contribution < 1.29 is 5.11 Å². The number of nitrogens with one attached hydrogen (secondary N) is 2. The Morgan fingerprint density at radius 2 is 1.38 bits per heavy atom. The number of aromatic hydroxyl groups is 1. The van der Waals surface area contributed by atoms with Crippen LogP contribution in [0.4, 0.5) is 0 Å². The number of phenolic OH excluding ortho intramolecular Hbond substituents is 1. The topological polar surface area (TPSA) is 56.1 Å². The van der Waals surface area contributed by atoms with Crippen molar-refractivity contribution in [1.29, 1.82) is 5.41 Å². The van der Waals surface area contributed by atoms with Crippen LogP contribution in [0.2, 0.25) is 0 Å². The lowest BCUT2D eigenvalue weighted by Gasteiger charge is -2.13. The van der Waals surface area contributed by atoms with Crippen LogP contribution in [0.25, 0.3) is 27.8 Å². The summed E-state index contributed by atoms with van der Waals surface area (Å²) in [7, 11) is 0. The van der Waals surface area contributed by atoms with Crippen LogP contribution in [0.1, 0.15) is 24.5 Å². The molecule has 1 heterocycles. The van der Waals surface area contributed by atoms with Gasteiger partial charge in [-0.1, -0.05) is 48.5 Å². The first-order valence-electron chi connectivity index (χ1n) is 9.66. The van der Waals surface area contributed by atoms with Crippen molar-refractivity contribution in [2.45, 2.75) is 20.3 Å². The molecule has 0 aliphatic carbocycles. The van der Waals surface area contributed by atoms with Crippen molar-refractivity contribution in [3.05, 3.63) is 95.8 Å². The molecule has 144 valence electrons. The molecule has 0 atom stereocenters. The van der Waals surface area contributed by atoms with Gasteiger partial charge < -0.3 is 15.8 Å². The van der Waals surface area contributed by atoms with Gasteiger partial charge in [0.05, 0.1) is 11.4 Å². The zero-order chi connectivity index (χ0) is 20.5. The van der Waals surface area contributed by atoms with E-state index in [0.717, 1.165) is 44.8 Å². The third-order valence-electron chi connectivity index (χ3n) is 5.24. The van der Waals surface area contributed by atoms with Crippen LogP contribution >= 0.6 is 0 Å². The molecule has 0 saturated heterocycles. The van der Waals surface area contributed by atoms with E-state index in [1.54, 1.807) is 19.1 Å². The van der Waals surface area contributed by atoms with Gasteiger partial charge in [0.2, 0.25) is 0 Å². The first-order valence-corrected chi connectivity index (χ1v) is 9.66. The van der Waals surface area contributed by atoms with Crippen molar-refractivity contribution in [2.75, 3.05) is 0 Å². The highest BCUT2D eigenvalue weighted by atomic mass is 16.3. The van der Waals surface area contributed by atoms with Crippen LogP contribution in [0.15, 0.2) is 84.7 Å². The Kier molecular flexibility index (Phi) is 4.81. The average Bonchev–Trinajstić information content (AvgIpc) is 3.11. The van der Waals surface area contributed by atoms with Gasteiger partial charge in [0.15, 0.2) is 0 Å². The van der Waals surface area contributed by atoms with Crippen LogP contribution in [0.5, 0.6) is 5.75 Å². The molecule has 0 spiro atoms. The number of hydrogen-bond donors (Lipinski definition) is 3. The van der Waals surface area contributed by atoms with Crippen LogP contribution in [0, 0.1) is 12.3 Å². The Labute approximate surface area is 171 Å². The lowest BCUT2D eigenvalue weighted by molar-refractivity contribution is 0.475. The van der Waals surface area contributed by atoms with Crippen LogP contribution in [0.3, 0.4) is 0 Å². The summed E-state index contributed by atoms with van der Waals surface area (Å²) in [5.41, 5.74) is 10.0. The molecule has 3 aromatic carbocycles. The number of hydrogen-bond acceptors (Lipinski definition) is 3. The number of aryl methyl sites for hydroxylation is 1. The molecule has 0 aromatic heterocycles. The first kappa shape index (κ1) is 18.8. The van der Waals surface area contributed by atoms with Gasteiger partial charge in [0.1, 0.15) is 5.75 Å². The van der Waals surface area contributed by atoms with E-state index in [2.05, 4.69) is 61.3 Å². The zero-order valence-corrected chi connectivity index (χ0v) is 16.7. The van der Waals surface area contributed by atoms with Gasteiger partial charge in [-0.2, -0.15) is 0 Å². The summed E-state index contributed by atoms with van der Waals surface area (Å²) in [5, 5.41) is 21.1. The third kappa shape index (κ3) is 3.85. The van der Waals surface area contributed by atoms with E-state index in [1.165, 1.54) is 5.56 Å². The van der Waals surface area contributed by atoms with E-state index in [0.29, 0.717) is 12.1 Å². The van der Waals surface area contributed by atoms with E-state index in [1.807, 2.05) is 12.1 Å². The highest BCUT2D eigenvalue weighted by Crippen LogP contribution is 2.36. The molecular weight excluding hydrogens is 356 g/mol. The van der Waals surface area contributed by atoms with E-state index in [9.17, 15) is 5.11 Å². The quantitative estimate of drug-likeness (QED) is 0.466. The Bertz CT molecular complexity index is 1070. The summed E-state index contributed by atoms with van der Waals surface area (Å²) in [5.74, 6) is 0.254. The van der Waals surface area contributed by atoms with Crippen molar-refractivity contribution in [2.24, 2.45) is 0 Å². The molecule has 3 N–H and O–H groups in total. The number of allylic oxidation sites excluding steroid dienone is 2. The second kappa shape index (κ2) is 7.44. The van der Waals surface area contributed by atoms with E-state index in [-0.39, 0.29) is 5.75 Å². The lowest BCUT2D eigenvalue weighted by atomic mass is 9.91. The van der Waals surface area contributed by atoms with Crippen molar-refractivity contribution in [3.8, 4) is 28.0 Å². The molecule has 3 heteroatoms. The Balaban J connectivity index is 1.92. The van der Waals surface area contributed by atoms with Gasteiger partial charge in [0.25, 0.3) is 0 Å². The van der Waals surface area contributed by atoms with Crippen molar-refractivity contribution in [3.63, 3.8) is 0 Å². The molecule has 4 rings (SSSR count). The Morgan fingerprint density at radius 1 is 0.862 bits per heavy atom. The second-order valence-electron chi connectivity index (χ2n) is 7.60. The maximum absolute atomic E-state index is 9.67. The maximum atomic E-state index is 9.67. The molecule has 0 amide bonds. The molecule has 0 unspecified atom stereocenters. The smallest absolute Gasteiger partial charge is 0.115 e. The van der Waals surface area contributed by atoms with Gasteiger partial charge in [-0.25, -0.2) is 0 Å². The normalized spacial score (nSPS) is 13.5. The molecule has 1 aliphatic rings. The fraction of sp³-hybridized carbons (Fsp3) is 0.115. The third-order valence-corrected chi connectivity index (χ3v) is 5.24. The largest absolute Gasteiger partial charge is 0.508 e. The van der Waals surface area contributed by atoms with E-state index in [4.69, 9.17) is 5.41 Å². The minimum Gasteiger partial charge on any atom is -0.508 e. The van der Waals surface area contributed by atoms with Gasteiger partial charge in [-0.3, -0.25) is 0 Å². The molecule has 3 aromatic rings. The van der Waals surface area contributed by atoms with Crippen LogP contribution < -0.4 is 5.32 Å². The predicted octanol–water partition coefficient (Wildman–Crippen LogP) is 6.29. The van der Waals surface area contributed by atoms with Gasteiger partial charge in [-0.15, -0.1) is 0 Å². The summed E-state index contributed by atoms with van der Waals surface area (Å²) < 4.78 is 0. The highest BCUT2D eigenvalue weighted by Gasteiger charge is 2.21. The zero-order valence-electron chi connectivity index (χ0n) is 16.7. The minimum absolute atomic E-state index is 0.254. The molecule has 3 nitrogen and oxygen atoms in total. The summed E-state index contributed by atoms with van der Waals surface area (Å²) in [6.07, 6.45) is 0.706.